The number of hydrogen-bond acceptors (Lipinski definition) is 2. The molecule has 2 aromatic carbocycles. The van der Waals surface area contributed by atoms with Crippen molar-refractivity contribution < 1.29 is 9.90 Å². The molecule has 0 radical (unpaired) electrons. The lowest BCUT2D eigenvalue weighted by Gasteiger charge is -2.15. The van der Waals surface area contributed by atoms with Gasteiger partial charge in [0, 0.05) is 16.2 Å². The van der Waals surface area contributed by atoms with Crippen LogP contribution in [-0.4, -0.2) is 17.1 Å². The van der Waals surface area contributed by atoms with E-state index in [9.17, 15) is 4.79 Å². The van der Waals surface area contributed by atoms with Gasteiger partial charge in [-0.05, 0) is 55.3 Å². The molecule has 0 aliphatic heterocycles. The molecule has 0 amide bonds. The molecule has 0 bridgehead atoms. The Morgan fingerprint density at radius 1 is 1.15 bits per heavy atom. The first-order valence-corrected chi connectivity index (χ1v) is 7.18. The summed E-state index contributed by atoms with van der Waals surface area (Å²) in [4.78, 5) is 10.8. The summed E-state index contributed by atoms with van der Waals surface area (Å²) in [5, 5.41) is 12.2. The van der Waals surface area contributed by atoms with Crippen molar-refractivity contribution in [3.05, 3.63) is 64.1 Å². The van der Waals surface area contributed by atoms with E-state index < -0.39 is 5.97 Å². The first kappa shape index (κ1) is 14.6. The van der Waals surface area contributed by atoms with Gasteiger partial charge in [-0.25, -0.2) is 4.79 Å². The molecule has 2 N–H and O–H groups in total. The van der Waals surface area contributed by atoms with Crippen LogP contribution in [0.2, 0.25) is 0 Å². The van der Waals surface area contributed by atoms with E-state index in [1.165, 1.54) is 5.56 Å². The third-order valence-electron chi connectivity index (χ3n) is 3.00. The molecule has 0 fully saturated rings. The molecule has 1 unspecified atom stereocenters. The van der Waals surface area contributed by atoms with Gasteiger partial charge in [-0.2, -0.15) is 0 Å². The number of carboxylic acids is 1. The van der Waals surface area contributed by atoms with Crippen LogP contribution < -0.4 is 5.32 Å². The quantitative estimate of drug-likeness (QED) is 0.862. The first-order valence-electron chi connectivity index (χ1n) is 6.39. The Kier molecular flexibility index (Phi) is 4.79. The maximum Gasteiger partial charge on any atom is 0.335 e. The predicted molar refractivity (Wildman–Crippen MR) is 84.3 cm³/mol. The molecule has 0 heterocycles. The van der Waals surface area contributed by atoms with Crippen LogP contribution in [0.3, 0.4) is 0 Å². The molecule has 4 heteroatoms. The number of nitrogens with one attached hydrogen (secondary N) is 1. The molecule has 0 aromatic heterocycles. The van der Waals surface area contributed by atoms with Gasteiger partial charge < -0.3 is 10.4 Å². The molecular weight excluding hydrogens is 318 g/mol. The van der Waals surface area contributed by atoms with E-state index in [4.69, 9.17) is 5.11 Å². The van der Waals surface area contributed by atoms with Crippen LogP contribution in [0.4, 0.5) is 5.69 Å². The standard InChI is InChI=1S/C16H16BrNO2/c1-11(10-12-2-6-14(17)7-3-12)18-15-8-4-13(5-9-15)16(19)20/h2-9,11,18H,10H2,1H3,(H,19,20). The smallest absolute Gasteiger partial charge is 0.335 e. The summed E-state index contributed by atoms with van der Waals surface area (Å²) in [6.45, 7) is 2.10. The van der Waals surface area contributed by atoms with Gasteiger partial charge in [-0.1, -0.05) is 28.1 Å². The van der Waals surface area contributed by atoms with Gasteiger partial charge in [0.2, 0.25) is 0 Å². The van der Waals surface area contributed by atoms with Crippen LogP contribution >= 0.6 is 15.9 Å². The van der Waals surface area contributed by atoms with E-state index in [0.29, 0.717) is 5.56 Å². The zero-order valence-electron chi connectivity index (χ0n) is 11.1. The van der Waals surface area contributed by atoms with Crippen molar-refractivity contribution in [2.75, 3.05) is 5.32 Å². The molecule has 0 saturated heterocycles. The zero-order chi connectivity index (χ0) is 14.5. The number of halogens is 1. The maximum atomic E-state index is 10.8. The fourth-order valence-corrected chi connectivity index (χ4v) is 2.28. The monoisotopic (exact) mass is 333 g/mol. The van der Waals surface area contributed by atoms with E-state index in [-0.39, 0.29) is 6.04 Å². The average molecular weight is 334 g/mol. The van der Waals surface area contributed by atoms with Crippen LogP contribution in [0.25, 0.3) is 0 Å². The van der Waals surface area contributed by atoms with Gasteiger partial charge in [-0.3, -0.25) is 0 Å². The van der Waals surface area contributed by atoms with Gasteiger partial charge in [0.1, 0.15) is 0 Å². The lowest BCUT2D eigenvalue weighted by atomic mass is 10.1. The highest BCUT2D eigenvalue weighted by Crippen LogP contribution is 2.15. The molecule has 104 valence electrons. The summed E-state index contributed by atoms with van der Waals surface area (Å²) in [5.74, 6) is -0.903. The summed E-state index contributed by atoms with van der Waals surface area (Å²) in [5.41, 5.74) is 2.49. The number of anilines is 1. The summed E-state index contributed by atoms with van der Waals surface area (Å²) < 4.78 is 1.08. The molecule has 1 atom stereocenters. The molecular formula is C16H16BrNO2. The van der Waals surface area contributed by atoms with Gasteiger partial charge in [0.25, 0.3) is 0 Å². The molecule has 20 heavy (non-hydrogen) atoms. The Hall–Kier alpha value is -1.81. The number of carboxylic acid groups (broad SMARTS) is 1. The van der Waals surface area contributed by atoms with Gasteiger partial charge in [-0.15, -0.1) is 0 Å². The summed E-state index contributed by atoms with van der Waals surface area (Å²) in [6, 6.07) is 15.3. The highest BCUT2D eigenvalue weighted by atomic mass is 79.9. The van der Waals surface area contributed by atoms with Crippen molar-refractivity contribution in [2.24, 2.45) is 0 Å². The molecule has 0 spiro atoms. The third-order valence-corrected chi connectivity index (χ3v) is 3.53. The normalized spacial score (nSPS) is 11.9. The second kappa shape index (κ2) is 6.57. The molecule has 2 aromatic rings. The van der Waals surface area contributed by atoms with Gasteiger partial charge in [0.05, 0.1) is 5.56 Å². The Bertz CT molecular complexity index is 578. The SMILES string of the molecule is CC(Cc1ccc(Br)cc1)Nc1ccc(C(=O)O)cc1. The summed E-state index contributed by atoms with van der Waals surface area (Å²) >= 11 is 3.42. The average Bonchev–Trinajstić information content (AvgIpc) is 2.42. The molecule has 2 rings (SSSR count). The van der Waals surface area contributed by atoms with E-state index in [0.717, 1.165) is 16.6 Å². The Balaban J connectivity index is 1.95. The van der Waals surface area contributed by atoms with Crippen molar-refractivity contribution in [1.29, 1.82) is 0 Å². The van der Waals surface area contributed by atoms with Crippen LogP contribution in [0.5, 0.6) is 0 Å². The molecule has 0 aliphatic rings. The number of carbonyl (C=O) groups is 1. The van der Waals surface area contributed by atoms with E-state index in [2.05, 4.69) is 40.3 Å². The topological polar surface area (TPSA) is 49.3 Å². The minimum atomic E-state index is -0.903. The summed E-state index contributed by atoms with van der Waals surface area (Å²) in [6.07, 6.45) is 0.911. The Morgan fingerprint density at radius 3 is 2.30 bits per heavy atom. The minimum absolute atomic E-state index is 0.270. The second-order valence-electron chi connectivity index (χ2n) is 4.76. The third kappa shape index (κ3) is 4.10. The van der Waals surface area contributed by atoms with E-state index in [1.54, 1.807) is 24.3 Å². The largest absolute Gasteiger partial charge is 0.478 e. The summed E-state index contributed by atoms with van der Waals surface area (Å²) in [7, 11) is 0. The fourth-order valence-electron chi connectivity index (χ4n) is 2.02. The van der Waals surface area contributed by atoms with Gasteiger partial charge in [0.15, 0.2) is 0 Å². The van der Waals surface area contributed by atoms with Crippen molar-refractivity contribution in [2.45, 2.75) is 19.4 Å². The Morgan fingerprint density at radius 2 is 1.75 bits per heavy atom. The van der Waals surface area contributed by atoms with Crippen molar-refractivity contribution in [3.63, 3.8) is 0 Å². The van der Waals surface area contributed by atoms with E-state index in [1.807, 2.05) is 12.1 Å². The maximum absolute atomic E-state index is 10.8. The number of aromatic carboxylic acids is 1. The lowest BCUT2D eigenvalue weighted by molar-refractivity contribution is 0.0697. The van der Waals surface area contributed by atoms with Crippen molar-refractivity contribution in [1.82, 2.24) is 0 Å². The zero-order valence-corrected chi connectivity index (χ0v) is 12.7. The minimum Gasteiger partial charge on any atom is -0.478 e. The van der Waals surface area contributed by atoms with Crippen LogP contribution in [-0.2, 0) is 6.42 Å². The molecule has 0 aliphatic carbocycles. The predicted octanol–water partition coefficient (Wildman–Crippen LogP) is 4.19. The highest BCUT2D eigenvalue weighted by molar-refractivity contribution is 9.10. The highest BCUT2D eigenvalue weighted by Gasteiger charge is 2.05. The van der Waals surface area contributed by atoms with Crippen LogP contribution in [0.15, 0.2) is 53.0 Å². The lowest BCUT2D eigenvalue weighted by Crippen LogP contribution is -2.18. The second-order valence-corrected chi connectivity index (χ2v) is 5.67. The fraction of sp³-hybridized carbons (Fsp3) is 0.188. The molecule has 0 saturated carbocycles. The van der Waals surface area contributed by atoms with Crippen molar-refractivity contribution in [3.8, 4) is 0 Å². The number of rotatable bonds is 5. The van der Waals surface area contributed by atoms with Crippen LogP contribution in [0.1, 0.15) is 22.8 Å². The van der Waals surface area contributed by atoms with Crippen molar-refractivity contribution >= 4 is 27.6 Å². The molecule has 3 nitrogen and oxygen atoms in total. The first-order chi connectivity index (χ1) is 9.54. The van der Waals surface area contributed by atoms with E-state index >= 15 is 0 Å². The Labute approximate surface area is 126 Å². The van der Waals surface area contributed by atoms with Gasteiger partial charge >= 0.3 is 5.97 Å². The number of benzene rings is 2. The number of hydrogen-bond donors (Lipinski definition) is 2. The van der Waals surface area contributed by atoms with Crippen LogP contribution in [0, 0.1) is 0 Å².